The highest BCUT2D eigenvalue weighted by Crippen LogP contribution is 2.22. The lowest BCUT2D eigenvalue weighted by atomic mass is 10.1. The molecule has 0 aliphatic rings. The average Bonchev–Trinajstić information content (AvgIpc) is 2.74. The summed E-state index contributed by atoms with van der Waals surface area (Å²) < 4.78 is 26.8. The van der Waals surface area contributed by atoms with E-state index in [0.717, 1.165) is 19.3 Å². The molecule has 0 spiro atoms. The minimum absolute atomic E-state index is 0.118. The second kappa shape index (κ2) is 11.7. The fraction of sp³-hybridized carbons (Fsp3) is 0.364. The number of para-hydroxylation sites is 1. The van der Waals surface area contributed by atoms with Crippen LogP contribution in [0.4, 0.5) is 11.4 Å². The molecule has 6 nitrogen and oxygen atoms in total. The molecule has 2 N–H and O–H groups in total. The lowest BCUT2D eigenvalue weighted by molar-refractivity contribution is -0.119. The van der Waals surface area contributed by atoms with Gasteiger partial charge in [0.05, 0.1) is 10.6 Å². The molecule has 0 heterocycles. The van der Waals surface area contributed by atoms with Crippen LogP contribution in [-0.2, 0) is 14.8 Å². The van der Waals surface area contributed by atoms with Gasteiger partial charge in [-0.05, 0) is 55.0 Å². The predicted octanol–water partition coefficient (Wildman–Crippen LogP) is 4.69. The second-order valence-corrected chi connectivity index (χ2v) is 9.38. The van der Waals surface area contributed by atoms with Gasteiger partial charge in [-0.3, -0.25) is 9.10 Å². The van der Waals surface area contributed by atoms with E-state index in [1.165, 1.54) is 36.3 Å². The van der Waals surface area contributed by atoms with Gasteiger partial charge in [-0.1, -0.05) is 50.8 Å². The van der Waals surface area contributed by atoms with E-state index in [2.05, 4.69) is 17.6 Å². The van der Waals surface area contributed by atoms with E-state index < -0.39 is 10.0 Å². The highest BCUT2D eigenvalue weighted by atomic mass is 32.2. The second-order valence-electron chi connectivity index (χ2n) is 7.00. The smallest absolute Gasteiger partial charge is 0.264 e. The van der Waals surface area contributed by atoms with Crippen molar-refractivity contribution in [3.8, 4) is 0 Å². The molecule has 2 aromatic carbocycles. The summed E-state index contributed by atoms with van der Waals surface area (Å²) in [5, 5.41) is 5.77. The highest BCUT2D eigenvalue weighted by molar-refractivity contribution is 7.92. The van der Waals surface area contributed by atoms with Crippen LogP contribution >= 0.6 is 12.2 Å². The average molecular weight is 448 g/mol. The van der Waals surface area contributed by atoms with Crippen molar-refractivity contribution in [2.45, 2.75) is 50.3 Å². The molecule has 0 fully saturated rings. The van der Waals surface area contributed by atoms with E-state index >= 15 is 0 Å². The van der Waals surface area contributed by atoms with E-state index in [4.69, 9.17) is 12.2 Å². The molecule has 162 valence electrons. The number of carbonyl (C=O) groups excluding carboxylic acids is 1. The number of unbranched alkanes of at least 4 members (excludes halogenated alkanes) is 4. The zero-order valence-corrected chi connectivity index (χ0v) is 19.1. The molecule has 0 aromatic heterocycles. The Hall–Kier alpha value is -2.45. The van der Waals surface area contributed by atoms with Crippen molar-refractivity contribution in [2.24, 2.45) is 0 Å². The number of hydrogen-bond donors (Lipinski definition) is 2. The van der Waals surface area contributed by atoms with Crippen LogP contribution in [0.1, 0.15) is 45.4 Å². The first-order valence-electron chi connectivity index (χ1n) is 10.1. The molecule has 0 saturated heterocycles. The molecule has 30 heavy (non-hydrogen) atoms. The van der Waals surface area contributed by atoms with Gasteiger partial charge < -0.3 is 10.6 Å². The molecular formula is C22H29N3O3S2. The van der Waals surface area contributed by atoms with Crippen molar-refractivity contribution < 1.29 is 13.2 Å². The van der Waals surface area contributed by atoms with Crippen molar-refractivity contribution in [3.63, 3.8) is 0 Å². The van der Waals surface area contributed by atoms with Gasteiger partial charge in [0.25, 0.3) is 10.0 Å². The minimum atomic E-state index is -3.67. The van der Waals surface area contributed by atoms with Crippen molar-refractivity contribution in [2.75, 3.05) is 16.7 Å². The molecule has 0 saturated carbocycles. The zero-order valence-electron chi connectivity index (χ0n) is 17.4. The maximum Gasteiger partial charge on any atom is 0.264 e. The largest absolute Gasteiger partial charge is 0.332 e. The van der Waals surface area contributed by atoms with E-state index in [9.17, 15) is 13.2 Å². The molecule has 8 heteroatoms. The summed E-state index contributed by atoms with van der Waals surface area (Å²) in [7, 11) is -2.15. The Morgan fingerprint density at radius 3 is 2.23 bits per heavy atom. The summed E-state index contributed by atoms with van der Waals surface area (Å²) in [5.74, 6) is -0.118. The van der Waals surface area contributed by atoms with Crippen molar-refractivity contribution >= 4 is 44.6 Å². The van der Waals surface area contributed by atoms with Crippen LogP contribution in [0.2, 0.25) is 0 Å². The van der Waals surface area contributed by atoms with Crippen LogP contribution < -0.4 is 14.9 Å². The monoisotopic (exact) mass is 447 g/mol. The molecule has 1 amide bonds. The van der Waals surface area contributed by atoms with Crippen LogP contribution in [0.3, 0.4) is 0 Å². The third-order valence-electron chi connectivity index (χ3n) is 4.65. The summed E-state index contributed by atoms with van der Waals surface area (Å²) >= 11 is 5.17. The maximum absolute atomic E-state index is 12.8. The Morgan fingerprint density at radius 2 is 1.60 bits per heavy atom. The maximum atomic E-state index is 12.8. The summed E-state index contributed by atoms with van der Waals surface area (Å²) in [5.41, 5.74) is 1.18. The van der Waals surface area contributed by atoms with Gasteiger partial charge >= 0.3 is 0 Å². The first kappa shape index (κ1) is 23.8. The third-order valence-corrected chi connectivity index (χ3v) is 6.65. The molecule has 0 radical (unpaired) electrons. The summed E-state index contributed by atoms with van der Waals surface area (Å²) in [4.78, 5) is 12.1. The van der Waals surface area contributed by atoms with E-state index in [1.54, 1.807) is 36.4 Å². The molecule has 0 unspecified atom stereocenters. The van der Waals surface area contributed by atoms with Gasteiger partial charge in [-0.25, -0.2) is 8.42 Å². The van der Waals surface area contributed by atoms with Crippen molar-refractivity contribution in [1.82, 2.24) is 5.32 Å². The lowest BCUT2D eigenvalue weighted by Crippen LogP contribution is -2.33. The quantitative estimate of drug-likeness (QED) is 0.408. The number of sulfonamides is 1. The van der Waals surface area contributed by atoms with E-state index in [0.29, 0.717) is 17.8 Å². The van der Waals surface area contributed by atoms with Gasteiger partial charge in [-0.2, -0.15) is 0 Å². The minimum Gasteiger partial charge on any atom is -0.332 e. The highest BCUT2D eigenvalue weighted by Gasteiger charge is 2.21. The SMILES string of the molecule is CCCCCCCC(=O)NC(=S)Nc1ccc(S(=O)(=O)N(C)c2ccccc2)cc1. The Kier molecular flexibility index (Phi) is 9.26. The normalized spacial score (nSPS) is 11.0. The van der Waals surface area contributed by atoms with Crippen LogP contribution in [0.5, 0.6) is 0 Å². The fourth-order valence-corrected chi connectivity index (χ4v) is 4.31. The standard InChI is InChI=1S/C22H29N3O3S2/c1-3-4-5-6-10-13-21(26)24-22(29)23-18-14-16-20(17-15-18)30(27,28)25(2)19-11-8-7-9-12-19/h7-9,11-12,14-17H,3-6,10,13H2,1-2H3,(H2,23,24,26,29). The number of benzene rings is 2. The zero-order chi connectivity index (χ0) is 22.0. The molecule has 0 aliphatic carbocycles. The topological polar surface area (TPSA) is 78.5 Å². The number of carbonyl (C=O) groups is 1. The Balaban J connectivity index is 1.89. The van der Waals surface area contributed by atoms with Crippen LogP contribution in [-0.4, -0.2) is 26.5 Å². The molecular weight excluding hydrogens is 418 g/mol. The molecule has 0 aliphatic heterocycles. The number of anilines is 2. The van der Waals surface area contributed by atoms with Gasteiger partial charge in [0.1, 0.15) is 0 Å². The summed E-state index contributed by atoms with van der Waals surface area (Å²) in [6.45, 7) is 2.15. The van der Waals surface area contributed by atoms with Crippen LogP contribution in [0.25, 0.3) is 0 Å². The number of thiocarbonyl (C=S) groups is 1. The molecule has 0 atom stereocenters. The number of nitrogens with one attached hydrogen (secondary N) is 2. The Labute approximate surface area is 184 Å². The fourth-order valence-electron chi connectivity index (χ4n) is 2.89. The number of nitrogens with zero attached hydrogens (tertiary/aromatic N) is 1. The first-order valence-corrected chi connectivity index (χ1v) is 11.9. The van der Waals surface area contributed by atoms with Crippen LogP contribution in [0, 0.1) is 0 Å². The predicted molar refractivity (Wildman–Crippen MR) is 126 cm³/mol. The van der Waals surface area contributed by atoms with E-state index in [1.807, 2.05) is 6.07 Å². The van der Waals surface area contributed by atoms with Gasteiger partial charge in [0.15, 0.2) is 5.11 Å². The number of hydrogen-bond acceptors (Lipinski definition) is 4. The summed E-state index contributed by atoms with van der Waals surface area (Å²) in [6.07, 6.45) is 5.82. The molecule has 0 bridgehead atoms. The van der Waals surface area contributed by atoms with Gasteiger partial charge in [0, 0.05) is 19.2 Å². The third kappa shape index (κ3) is 7.11. The summed E-state index contributed by atoms with van der Waals surface area (Å²) in [6, 6.07) is 15.1. The van der Waals surface area contributed by atoms with E-state index in [-0.39, 0.29) is 15.9 Å². The Morgan fingerprint density at radius 1 is 0.967 bits per heavy atom. The van der Waals surface area contributed by atoms with Crippen molar-refractivity contribution in [1.29, 1.82) is 0 Å². The number of amides is 1. The Bertz CT molecular complexity index is 930. The molecule has 2 aromatic rings. The van der Waals surface area contributed by atoms with Gasteiger partial charge in [0.2, 0.25) is 5.91 Å². The van der Waals surface area contributed by atoms with Crippen LogP contribution in [0.15, 0.2) is 59.5 Å². The lowest BCUT2D eigenvalue weighted by Gasteiger charge is -2.19. The van der Waals surface area contributed by atoms with Crippen molar-refractivity contribution in [3.05, 3.63) is 54.6 Å². The van der Waals surface area contributed by atoms with Gasteiger partial charge in [-0.15, -0.1) is 0 Å². The first-order chi connectivity index (χ1) is 14.3. The molecule has 2 rings (SSSR count). The number of rotatable bonds is 10.